The molecule has 1 N–H and O–H groups in total. The molecule has 0 spiro atoms. The van der Waals surface area contributed by atoms with E-state index >= 15 is 0 Å². The SMILES string of the molecule is CC(=O)NC(=O)C(F)(F)F. The van der Waals surface area contributed by atoms with E-state index in [0.717, 1.165) is 12.2 Å². The summed E-state index contributed by atoms with van der Waals surface area (Å²) in [5, 5.41) is 1.08. The highest BCUT2D eigenvalue weighted by Gasteiger charge is 2.39. The van der Waals surface area contributed by atoms with E-state index in [-0.39, 0.29) is 0 Å². The fourth-order valence-electron chi connectivity index (χ4n) is 0.231. The van der Waals surface area contributed by atoms with Gasteiger partial charge in [0, 0.05) is 6.92 Å². The highest BCUT2D eigenvalue weighted by Crippen LogP contribution is 2.13. The molecule has 0 bridgehead atoms. The highest BCUT2D eigenvalue weighted by atomic mass is 19.4. The van der Waals surface area contributed by atoms with Gasteiger partial charge in [0.25, 0.3) is 0 Å². The molecule has 0 radical (unpaired) electrons. The van der Waals surface area contributed by atoms with E-state index in [1.807, 2.05) is 0 Å². The maximum absolute atomic E-state index is 11.2. The van der Waals surface area contributed by atoms with Crippen molar-refractivity contribution in [1.29, 1.82) is 0 Å². The van der Waals surface area contributed by atoms with Gasteiger partial charge in [0.15, 0.2) is 0 Å². The maximum Gasteiger partial charge on any atom is 0.471 e. The number of amides is 2. The quantitative estimate of drug-likeness (QED) is 0.543. The van der Waals surface area contributed by atoms with Crippen molar-refractivity contribution < 1.29 is 22.8 Å². The molecule has 0 aromatic heterocycles. The van der Waals surface area contributed by atoms with Crippen LogP contribution in [0.3, 0.4) is 0 Å². The predicted molar refractivity (Wildman–Crippen MR) is 24.9 cm³/mol. The number of nitrogens with one attached hydrogen (secondary N) is 1. The molecule has 3 nitrogen and oxygen atoms in total. The molecule has 0 unspecified atom stereocenters. The first-order valence-corrected chi connectivity index (χ1v) is 2.23. The highest BCUT2D eigenvalue weighted by molar-refractivity contribution is 5.96. The zero-order valence-electron chi connectivity index (χ0n) is 4.95. The van der Waals surface area contributed by atoms with Crippen LogP contribution in [-0.2, 0) is 9.59 Å². The zero-order chi connectivity index (χ0) is 8.36. The van der Waals surface area contributed by atoms with E-state index in [4.69, 9.17) is 0 Å². The van der Waals surface area contributed by atoms with Crippen molar-refractivity contribution in [3.8, 4) is 0 Å². The third kappa shape index (κ3) is 3.06. The minimum absolute atomic E-state index is 0.823. The molecule has 0 aromatic rings. The molecule has 2 amide bonds. The Morgan fingerprint density at radius 1 is 1.30 bits per heavy atom. The van der Waals surface area contributed by atoms with Crippen molar-refractivity contribution in [2.75, 3.05) is 0 Å². The summed E-state index contributed by atoms with van der Waals surface area (Å²) in [6, 6.07) is 0. The molecule has 0 heterocycles. The molecule has 0 aromatic carbocycles. The van der Waals surface area contributed by atoms with Gasteiger partial charge in [-0.2, -0.15) is 13.2 Å². The Morgan fingerprint density at radius 3 is 1.80 bits per heavy atom. The van der Waals surface area contributed by atoms with Gasteiger partial charge < -0.3 is 0 Å². The molecule has 0 rings (SSSR count). The summed E-state index contributed by atoms with van der Waals surface area (Å²) >= 11 is 0. The summed E-state index contributed by atoms with van der Waals surface area (Å²) in [6.07, 6.45) is -4.98. The van der Waals surface area contributed by atoms with E-state index < -0.39 is 18.0 Å². The smallest absolute Gasteiger partial charge is 0.289 e. The number of hydrogen-bond acceptors (Lipinski definition) is 2. The molecule has 0 aliphatic rings. The van der Waals surface area contributed by atoms with Crippen LogP contribution in [-0.4, -0.2) is 18.0 Å². The van der Waals surface area contributed by atoms with Crippen molar-refractivity contribution in [3.63, 3.8) is 0 Å². The first kappa shape index (κ1) is 8.93. The molecule has 0 atom stereocenters. The summed E-state index contributed by atoms with van der Waals surface area (Å²) in [5.41, 5.74) is 0. The standard InChI is InChI=1S/C4H4F3NO2/c1-2(9)8-3(10)4(5,6)7/h1H3,(H,8,9,10). The van der Waals surface area contributed by atoms with Crippen LogP contribution in [0, 0.1) is 0 Å². The molecule has 58 valence electrons. The van der Waals surface area contributed by atoms with Crippen molar-refractivity contribution in [2.24, 2.45) is 0 Å². The molecule has 0 fully saturated rings. The van der Waals surface area contributed by atoms with Crippen molar-refractivity contribution in [1.82, 2.24) is 5.32 Å². The summed E-state index contributed by atoms with van der Waals surface area (Å²) in [4.78, 5) is 19.7. The second-order valence-corrected chi connectivity index (χ2v) is 1.51. The Hall–Kier alpha value is -1.07. The number of alkyl halides is 3. The van der Waals surface area contributed by atoms with E-state index in [0.29, 0.717) is 0 Å². The van der Waals surface area contributed by atoms with Crippen LogP contribution in [0.4, 0.5) is 13.2 Å². The number of hydrogen-bond donors (Lipinski definition) is 1. The Balaban J connectivity index is 3.99. The third-order valence-corrected chi connectivity index (χ3v) is 0.547. The van der Waals surface area contributed by atoms with Crippen molar-refractivity contribution in [3.05, 3.63) is 0 Å². The summed E-state index contributed by atoms with van der Waals surface area (Å²) in [6.45, 7) is 0.823. The van der Waals surface area contributed by atoms with Crippen LogP contribution in [0.5, 0.6) is 0 Å². The lowest BCUT2D eigenvalue weighted by molar-refractivity contribution is -0.174. The Kier molecular flexibility index (Phi) is 2.39. The van der Waals surface area contributed by atoms with Crippen LogP contribution in [0.25, 0.3) is 0 Å². The van der Waals surface area contributed by atoms with Gasteiger partial charge in [0.2, 0.25) is 5.91 Å². The van der Waals surface area contributed by atoms with E-state index in [2.05, 4.69) is 0 Å². The predicted octanol–water partition coefficient (Wildman–Crippen LogP) is 0.211. The molecule has 6 heteroatoms. The lowest BCUT2D eigenvalue weighted by Gasteiger charge is -2.02. The molecular weight excluding hydrogens is 151 g/mol. The summed E-state index contributed by atoms with van der Waals surface area (Å²) in [5.74, 6) is -3.26. The van der Waals surface area contributed by atoms with Crippen LogP contribution in [0.2, 0.25) is 0 Å². The number of carbonyl (C=O) groups excluding carboxylic acids is 2. The Morgan fingerprint density at radius 2 is 1.70 bits per heavy atom. The maximum atomic E-state index is 11.2. The van der Waals surface area contributed by atoms with Gasteiger partial charge >= 0.3 is 12.1 Å². The molecule has 0 aliphatic heterocycles. The lowest BCUT2D eigenvalue weighted by Crippen LogP contribution is -2.39. The largest absolute Gasteiger partial charge is 0.471 e. The average molecular weight is 155 g/mol. The number of rotatable bonds is 0. The van der Waals surface area contributed by atoms with Gasteiger partial charge in [-0.1, -0.05) is 0 Å². The molecule has 0 aliphatic carbocycles. The minimum Gasteiger partial charge on any atom is -0.289 e. The monoisotopic (exact) mass is 155 g/mol. The molecule has 10 heavy (non-hydrogen) atoms. The van der Waals surface area contributed by atoms with E-state index in [9.17, 15) is 22.8 Å². The van der Waals surface area contributed by atoms with Gasteiger partial charge in [-0.25, -0.2) is 0 Å². The van der Waals surface area contributed by atoms with Gasteiger partial charge in [0.05, 0.1) is 0 Å². The fourth-order valence-corrected chi connectivity index (χ4v) is 0.231. The van der Waals surface area contributed by atoms with Crippen LogP contribution < -0.4 is 5.32 Å². The van der Waals surface area contributed by atoms with E-state index in [1.54, 1.807) is 0 Å². The first-order valence-electron chi connectivity index (χ1n) is 2.23. The van der Waals surface area contributed by atoms with Crippen LogP contribution in [0.15, 0.2) is 0 Å². The average Bonchev–Trinajstić information content (AvgIpc) is 1.60. The van der Waals surface area contributed by atoms with Crippen molar-refractivity contribution in [2.45, 2.75) is 13.1 Å². The fraction of sp³-hybridized carbons (Fsp3) is 0.500. The molecule has 0 saturated carbocycles. The zero-order valence-corrected chi connectivity index (χ0v) is 4.95. The van der Waals surface area contributed by atoms with Gasteiger partial charge in [-0.15, -0.1) is 0 Å². The summed E-state index contributed by atoms with van der Waals surface area (Å²) < 4.78 is 33.7. The Bertz CT molecular complexity index is 162. The number of imide groups is 1. The van der Waals surface area contributed by atoms with Crippen LogP contribution >= 0.6 is 0 Å². The van der Waals surface area contributed by atoms with Gasteiger partial charge in [-0.3, -0.25) is 14.9 Å². The number of carbonyl (C=O) groups is 2. The van der Waals surface area contributed by atoms with Crippen LogP contribution in [0.1, 0.15) is 6.92 Å². The second kappa shape index (κ2) is 2.68. The first-order chi connectivity index (χ1) is 4.34. The minimum atomic E-state index is -4.98. The number of halogens is 3. The van der Waals surface area contributed by atoms with Gasteiger partial charge in [-0.05, 0) is 0 Å². The van der Waals surface area contributed by atoms with E-state index in [1.165, 1.54) is 0 Å². The van der Waals surface area contributed by atoms with Gasteiger partial charge in [0.1, 0.15) is 0 Å². The summed E-state index contributed by atoms with van der Waals surface area (Å²) in [7, 11) is 0. The normalized spacial score (nSPS) is 10.8. The topological polar surface area (TPSA) is 46.2 Å². The van der Waals surface area contributed by atoms with Crippen molar-refractivity contribution >= 4 is 11.8 Å². The Labute approximate surface area is 54.2 Å². The third-order valence-electron chi connectivity index (χ3n) is 0.547. The second-order valence-electron chi connectivity index (χ2n) is 1.51. The molecular formula is C4H4F3NO2. The molecule has 0 saturated heterocycles. The lowest BCUT2D eigenvalue weighted by atomic mass is 10.5.